The second-order valence-electron chi connectivity index (χ2n) is 11.9. The summed E-state index contributed by atoms with van der Waals surface area (Å²) >= 11 is 6.30. The Kier molecular flexibility index (Phi) is 10.4. The number of sulfonamides is 1. The van der Waals surface area contributed by atoms with E-state index in [9.17, 15) is 18.3 Å². The molecule has 0 spiro atoms. The average Bonchev–Trinajstić information content (AvgIpc) is 2.99. The zero-order chi connectivity index (χ0) is 30.5. The topological polar surface area (TPSA) is 95.9 Å². The van der Waals surface area contributed by atoms with Crippen molar-refractivity contribution in [3.63, 3.8) is 0 Å². The fourth-order valence-electron chi connectivity index (χ4n) is 5.90. The molecule has 2 aliphatic rings. The van der Waals surface area contributed by atoms with Crippen LogP contribution in [0.1, 0.15) is 73.9 Å². The summed E-state index contributed by atoms with van der Waals surface area (Å²) in [5.41, 5.74) is 2.91. The van der Waals surface area contributed by atoms with Gasteiger partial charge in [-0.2, -0.15) is 0 Å². The molecule has 2 aromatic carbocycles. The van der Waals surface area contributed by atoms with E-state index < -0.39 is 27.3 Å². The Labute approximate surface area is 255 Å². The third kappa shape index (κ3) is 7.21. The zero-order valence-electron chi connectivity index (χ0n) is 24.6. The van der Waals surface area contributed by atoms with Gasteiger partial charge < -0.3 is 14.7 Å². The summed E-state index contributed by atoms with van der Waals surface area (Å²) < 4.78 is 34.3. The number of aliphatic hydroxyl groups excluding tert-OH is 1. The first kappa shape index (κ1) is 32.1. The Morgan fingerprint density at radius 3 is 2.71 bits per heavy atom. The van der Waals surface area contributed by atoms with Gasteiger partial charge in [-0.25, -0.2) is 13.1 Å². The van der Waals surface area contributed by atoms with Crippen LogP contribution in [0.25, 0.3) is 0 Å². The molecule has 228 valence electrons. The van der Waals surface area contributed by atoms with E-state index in [0.717, 1.165) is 48.9 Å². The third-order valence-corrected chi connectivity index (χ3v) is 11.1. The average molecular weight is 615 g/mol. The summed E-state index contributed by atoms with van der Waals surface area (Å²) in [4.78, 5) is 15.5. The lowest BCUT2D eigenvalue weighted by atomic mass is 9.58. The van der Waals surface area contributed by atoms with E-state index in [1.165, 1.54) is 0 Å². The lowest BCUT2D eigenvalue weighted by molar-refractivity contribution is -0.0464. The molecule has 1 amide bonds. The minimum atomic E-state index is -3.86. The van der Waals surface area contributed by atoms with E-state index >= 15 is 0 Å². The quantitative estimate of drug-likeness (QED) is 0.299. The van der Waals surface area contributed by atoms with Gasteiger partial charge >= 0.3 is 0 Å². The van der Waals surface area contributed by atoms with Crippen molar-refractivity contribution < 1.29 is 23.1 Å². The minimum Gasteiger partial charge on any atom is -0.487 e. The highest BCUT2D eigenvalue weighted by Crippen LogP contribution is 2.50. The van der Waals surface area contributed by atoms with Crippen LogP contribution in [0.2, 0.25) is 5.02 Å². The number of ether oxygens (including phenoxy) is 1. The fourth-order valence-corrected chi connectivity index (χ4v) is 7.12. The predicted octanol–water partition coefficient (Wildman–Crippen LogP) is 6.44. The highest BCUT2D eigenvalue weighted by atomic mass is 35.5. The molecular weight excluding hydrogens is 572 g/mol. The van der Waals surface area contributed by atoms with Crippen LogP contribution in [-0.2, 0) is 23.1 Å². The SMILES string of the molecule is C=CCC[C@@H](C)S(=O)(=O)NC(=O)c1ccc2c(c1)N(C[C@@H]1CC[C@@]1(C)[C@@H](O)C=C)CCCCc1cc(Cl)ccc1CO2. The molecule has 0 aromatic heterocycles. The van der Waals surface area contributed by atoms with Crippen molar-refractivity contribution in [2.75, 3.05) is 18.0 Å². The largest absolute Gasteiger partial charge is 0.487 e. The number of aryl methyl sites for hydroxylation is 1. The maximum atomic E-state index is 13.3. The standard InChI is InChI=1S/C33H43ClN2O5S/c1-5-7-10-23(3)42(39,40)35-32(38)25-13-15-30-29(20-25)36(21-27-16-17-33(27,4)31(37)6-2)18-9-8-11-24-19-28(34)14-12-26(24)22-41-30/h5-6,12-15,19-20,23,27,31,37H,1-2,7-11,16-18,21-22H2,3-4H3,(H,35,38)/t23-,27+,31+,33-/m1/s1. The van der Waals surface area contributed by atoms with Crippen LogP contribution < -0.4 is 14.4 Å². The number of hydrogen-bond acceptors (Lipinski definition) is 6. The van der Waals surface area contributed by atoms with Gasteiger partial charge in [0.2, 0.25) is 10.0 Å². The minimum absolute atomic E-state index is 0.211. The molecule has 1 heterocycles. The molecule has 0 saturated heterocycles. The first-order valence-electron chi connectivity index (χ1n) is 14.7. The highest BCUT2D eigenvalue weighted by Gasteiger charge is 2.47. The molecule has 1 aliphatic heterocycles. The number of rotatable bonds is 10. The Hall–Kier alpha value is -2.81. The summed E-state index contributed by atoms with van der Waals surface area (Å²) in [5, 5.41) is 10.7. The van der Waals surface area contributed by atoms with Crippen molar-refractivity contribution in [2.24, 2.45) is 11.3 Å². The number of anilines is 1. The molecule has 2 N–H and O–H groups in total. The molecule has 0 radical (unpaired) electrons. The summed E-state index contributed by atoms with van der Waals surface area (Å²) in [5.74, 6) is 0.151. The van der Waals surface area contributed by atoms with Crippen molar-refractivity contribution in [2.45, 2.75) is 76.8 Å². The molecule has 9 heteroatoms. The Balaban J connectivity index is 1.67. The van der Waals surface area contributed by atoms with E-state index in [2.05, 4.69) is 29.7 Å². The normalized spacial score (nSPS) is 22.2. The fraction of sp³-hybridized carbons (Fsp3) is 0.485. The number of carbonyl (C=O) groups is 1. The van der Waals surface area contributed by atoms with Crippen molar-refractivity contribution in [3.05, 3.63) is 83.4 Å². The van der Waals surface area contributed by atoms with Crippen LogP contribution in [0.15, 0.2) is 61.7 Å². The predicted molar refractivity (Wildman–Crippen MR) is 170 cm³/mol. The molecule has 42 heavy (non-hydrogen) atoms. The van der Waals surface area contributed by atoms with E-state index in [-0.39, 0.29) is 16.9 Å². The van der Waals surface area contributed by atoms with Gasteiger partial charge in [-0.05, 0) is 99.2 Å². The number of benzene rings is 2. The van der Waals surface area contributed by atoms with Crippen molar-refractivity contribution in [3.8, 4) is 5.75 Å². The Morgan fingerprint density at radius 1 is 1.24 bits per heavy atom. The van der Waals surface area contributed by atoms with Crippen LogP contribution in [0.5, 0.6) is 5.75 Å². The van der Waals surface area contributed by atoms with Crippen LogP contribution in [-0.4, -0.2) is 43.9 Å². The Bertz CT molecular complexity index is 1410. The number of nitrogens with one attached hydrogen (secondary N) is 1. The number of halogens is 1. The van der Waals surface area contributed by atoms with Gasteiger partial charge in [0.15, 0.2) is 0 Å². The molecule has 7 nitrogen and oxygen atoms in total. The monoisotopic (exact) mass is 614 g/mol. The summed E-state index contributed by atoms with van der Waals surface area (Å²) in [6.45, 7) is 12.9. The molecule has 0 unspecified atom stereocenters. The zero-order valence-corrected chi connectivity index (χ0v) is 26.2. The highest BCUT2D eigenvalue weighted by molar-refractivity contribution is 7.90. The Morgan fingerprint density at radius 2 is 2.02 bits per heavy atom. The van der Waals surface area contributed by atoms with E-state index in [1.807, 2.05) is 18.2 Å². The van der Waals surface area contributed by atoms with E-state index in [4.69, 9.17) is 16.3 Å². The van der Waals surface area contributed by atoms with Crippen molar-refractivity contribution >= 4 is 33.2 Å². The molecular formula is C33H43ClN2O5S. The molecule has 4 rings (SSSR count). The van der Waals surface area contributed by atoms with Crippen LogP contribution in [0.3, 0.4) is 0 Å². The van der Waals surface area contributed by atoms with Crippen LogP contribution in [0, 0.1) is 11.3 Å². The van der Waals surface area contributed by atoms with Crippen molar-refractivity contribution in [1.29, 1.82) is 0 Å². The number of allylic oxidation sites excluding steroid dienone is 1. The van der Waals surface area contributed by atoms with Gasteiger partial charge in [0, 0.05) is 29.1 Å². The molecule has 2 aromatic rings. The first-order valence-corrected chi connectivity index (χ1v) is 16.7. The summed E-state index contributed by atoms with van der Waals surface area (Å²) in [6.07, 6.45) is 8.16. The maximum Gasteiger partial charge on any atom is 0.264 e. The second kappa shape index (κ2) is 13.7. The number of aliphatic hydroxyl groups is 1. The maximum absolute atomic E-state index is 13.3. The van der Waals surface area contributed by atoms with Gasteiger partial charge in [-0.15, -0.1) is 13.2 Å². The van der Waals surface area contributed by atoms with Gasteiger partial charge in [0.1, 0.15) is 12.4 Å². The van der Waals surface area contributed by atoms with Gasteiger partial charge in [0.05, 0.1) is 17.0 Å². The van der Waals surface area contributed by atoms with Crippen molar-refractivity contribution in [1.82, 2.24) is 4.72 Å². The lowest BCUT2D eigenvalue weighted by Crippen LogP contribution is -2.51. The number of amides is 1. The third-order valence-electron chi connectivity index (χ3n) is 9.08. The number of nitrogens with zero attached hydrogens (tertiary/aromatic N) is 1. The van der Waals surface area contributed by atoms with E-state index in [0.29, 0.717) is 43.3 Å². The lowest BCUT2D eigenvalue weighted by Gasteiger charge is -2.51. The van der Waals surface area contributed by atoms with Gasteiger partial charge in [-0.1, -0.05) is 36.7 Å². The number of hydrogen-bond donors (Lipinski definition) is 2. The molecule has 1 saturated carbocycles. The first-order chi connectivity index (χ1) is 20.0. The molecule has 4 atom stereocenters. The smallest absolute Gasteiger partial charge is 0.264 e. The molecule has 0 bridgehead atoms. The van der Waals surface area contributed by atoms with Gasteiger partial charge in [-0.3, -0.25) is 4.79 Å². The van der Waals surface area contributed by atoms with Crippen LogP contribution in [0.4, 0.5) is 5.69 Å². The molecule has 1 aliphatic carbocycles. The number of carbonyl (C=O) groups excluding carboxylic acids is 1. The number of fused-ring (bicyclic) bond motifs is 2. The molecule has 1 fully saturated rings. The van der Waals surface area contributed by atoms with Gasteiger partial charge in [0.25, 0.3) is 5.91 Å². The van der Waals surface area contributed by atoms with Crippen LogP contribution >= 0.6 is 11.6 Å². The van der Waals surface area contributed by atoms with E-state index in [1.54, 1.807) is 37.3 Å². The summed E-state index contributed by atoms with van der Waals surface area (Å²) in [6, 6.07) is 10.9. The summed E-state index contributed by atoms with van der Waals surface area (Å²) in [7, 11) is -3.86. The second-order valence-corrected chi connectivity index (χ2v) is 14.4.